The Labute approximate surface area is 194 Å². The predicted molar refractivity (Wildman–Crippen MR) is 123 cm³/mol. The standard InChI is InChI=1S/C22H27F2N9O/c1-22(2,34)12-3-5-13(6-4-12)26-21-28-19(25)18-14(9-10-32(18)30-21)15-7-8-16-20(27-15)33(31-29-16)11-17(23)24/h7-10,12-13,17,34H,3-6,11H2,1-2H3,(H3,25,26,28,30). The Balaban J connectivity index is 1.40. The zero-order valence-corrected chi connectivity index (χ0v) is 19.0. The maximum Gasteiger partial charge on any atom is 0.258 e. The number of hydrogen-bond acceptors (Lipinski definition) is 8. The highest BCUT2D eigenvalue weighted by atomic mass is 19.3. The Hall–Kier alpha value is -3.41. The van der Waals surface area contributed by atoms with Crippen LogP contribution in [0.25, 0.3) is 27.9 Å². The Kier molecular flexibility index (Phi) is 5.54. The lowest BCUT2D eigenvalue weighted by Crippen LogP contribution is -2.37. The molecule has 0 atom stereocenters. The Morgan fingerprint density at radius 3 is 2.65 bits per heavy atom. The van der Waals surface area contributed by atoms with Crippen molar-refractivity contribution in [2.75, 3.05) is 11.1 Å². The van der Waals surface area contributed by atoms with Gasteiger partial charge in [0.15, 0.2) is 11.5 Å². The van der Waals surface area contributed by atoms with Crippen molar-refractivity contribution >= 4 is 28.4 Å². The van der Waals surface area contributed by atoms with Crippen molar-refractivity contribution in [3.05, 3.63) is 24.4 Å². The first-order valence-electron chi connectivity index (χ1n) is 11.3. The van der Waals surface area contributed by atoms with E-state index in [9.17, 15) is 13.9 Å². The van der Waals surface area contributed by atoms with Gasteiger partial charge in [0.1, 0.15) is 17.6 Å². The number of aliphatic hydroxyl groups is 1. The Morgan fingerprint density at radius 2 is 1.94 bits per heavy atom. The molecule has 10 nitrogen and oxygen atoms in total. The number of halogens is 2. The lowest BCUT2D eigenvalue weighted by atomic mass is 9.77. The van der Waals surface area contributed by atoms with Gasteiger partial charge in [-0.25, -0.2) is 23.0 Å². The van der Waals surface area contributed by atoms with Crippen LogP contribution in [-0.4, -0.2) is 57.8 Å². The summed E-state index contributed by atoms with van der Waals surface area (Å²) in [5.74, 6) is 0.994. The second-order valence-electron chi connectivity index (χ2n) is 9.39. The quantitative estimate of drug-likeness (QED) is 0.391. The molecule has 0 aromatic carbocycles. The molecule has 5 rings (SSSR count). The molecule has 0 saturated heterocycles. The topological polar surface area (TPSA) is 132 Å². The third-order valence-corrected chi connectivity index (χ3v) is 6.54. The normalized spacial score (nSPS) is 19.4. The lowest BCUT2D eigenvalue weighted by Gasteiger charge is -2.36. The third kappa shape index (κ3) is 4.25. The van der Waals surface area contributed by atoms with Crippen LogP contribution >= 0.6 is 0 Å². The second kappa shape index (κ2) is 8.42. The fourth-order valence-corrected chi connectivity index (χ4v) is 4.70. The van der Waals surface area contributed by atoms with Gasteiger partial charge in [-0.05, 0) is 63.6 Å². The highest BCUT2D eigenvalue weighted by molar-refractivity contribution is 5.88. The van der Waals surface area contributed by atoms with Crippen molar-refractivity contribution in [2.45, 2.75) is 64.1 Å². The largest absolute Gasteiger partial charge is 0.390 e. The number of nitrogens with two attached hydrogens (primary N) is 1. The fraction of sp³-hybridized carbons (Fsp3) is 0.500. The highest BCUT2D eigenvalue weighted by Gasteiger charge is 2.31. The maximum atomic E-state index is 12.9. The molecule has 0 aliphatic heterocycles. The van der Waals surface area contributed by atoms with Crippen molar-refractivity contribution < 1.29 is 13.9 Å². The van der Waals surface area contributed by atoms with E-state index in [2.05, 4.69) is 30.7 Å². The van der Waals surface area contributed by atoms with Crippen molar-refractivity contribution in [3.63, 3.8) is 0 Å². The third-order valence-electron chi connectivity index (χ3n) is 6.54. The summed E-state index contributed by atoms with van der Waals surface area (Å²) in [6.45, 7) is 3.15. The van der Waals surface area contributed by atoms with Crippen molar-refractivity contribution in [2.24, 2.45) is 5.92 Å². The summed E-state index contributed by atoms with van der Waals surface area (Å²) in [6, 6.07) is 5.45. The van der Waals surface area contributed by atoms with Crippen LogP contribution in [-0.2, 0) is 6.54 Å². The summed E-state index contributed by atoms with van der Waals surface area (Å²) < 4.78 is 28.5. The van der Waals surface area contributed by atoms with E-state index in [1.165, 1.54) is 0 Å². The number of aromatic nitrogens is 7. The van der Waals surface area contributed by atoms with E-state index in [0.29, 0.717) is 28.2 Å². The average molecular weight is 472 g/mol. The SMILES string of the molecule is CC(C)(O)C1CCC(Nc2nc(N)c3c(-c4ccc5nnn(CC(F)F)c5n4)ccn3n2)CC1. The molecular formula is C22H27F2N9O. The van der Waals surface area contributed by atoms with E-state index in [1.807, 2.05) is 19.9 Å². The summed E-state index contributed by atoms with van der Waals surface area (Å²) in [5, 5.41) is 25.9. The second-order valence-corrected chi connectivity index (χ2v) is 9.39. The lowest BCUT2D eigenvalue weighted by molar-refractivity contribution is -0.000419. The molecule has 0 radical (unpaired) electrons. The smallest absolute Gasteiger partial charge is 0.258 e. The fourth-order valence-electron chi connectivity index (χ4n) is 4.70. The number of anilines is 2. The molecule has 180 valence electrons. The molecule has 0 amide bonds. The number of alkyl halides is 2. The number of nitrogen functional groups attached to an aromatic ring is 1. The van der Waals surface area contributed by atoms with E-state index in [1.54, 1.807) is 22.8 Å². The number of pyridine rings is 1. The molecule has 0 bridgehead atoms. The number of rotatable bonds is 6. The first-order chi connectivity index (χ1) is 16.2. The zero-order valence-electron chi connectivity index (χ0n) is 19.0. The predicted octanol–water partition coefficient (Wildman–Crippen LogP) is 3.12. The first-order valence-corrected chi connectivity index (χ1v) is 11.3. The Bertz CT molecular complexity index is 1320. The van der Waals surface area contributed by atoms with Gasteiger partial charge >= 0.3 is 0 Å². The van der Waals surface area contributed by atoms with Crippen molar-refractivity contribution in [1.29, 1.82) is 0 Å². The molecule has 1 aliphatic rings. The molecule has 1 saturated carbocycles. The number of nitrogens with one attached hydrogen (secondary N) is 1. The molecule has 0 spiro atoms. The van der Waals surface area contributed by atoms with Crippen LogP contribution in [0.1, 0.15) is 39.5 Å². The number of nitrogens with zero attached hydrogens (tertiary/aromatic N) is 7. The van der Waals surface area contributed by atoms with Crippen molar-refractivity contribution in [1.82, 2.24) is 34.6 Å². The molecule has 4 N–H and O–H groups in total. The Morgan fingerprint density at radius 1 is 1.18 bits per heavy atom. The molecule has 1 aliphatic carbocycles. The minimum atomic E-state index is -2.56. The minimum Gasteiger partial charge on any atom is -0.390 e. The summed E-state index contributed by atoms with van der Waals surface area (Å²) in [5.41, 5.74) is 8.15. The van der Waals surface area contributed by atoms with E-state index < -0.39 is 18.6 Å². The van der Waals surface area contributed by atoms with Crippen LogP contribution in [0.3, 0.4) is 0 Å². The van der Waals surface area contributed by atoms with Gasteiger partial charge in [-0.2, -0.15) is 4.98 Å². The van der Waals surface area contributed by atoms with E-state index in [-0.39, 0.29) is 23.4 Å². The first kappa shape index (κ1) is 22.4. The van der Waals surface area contributed by atoms with Crippen LogP contribution in [0.2, 0.25) is 0 Å². The molecule has 4 aromatic rings. The molecule has 1 fully saturated rings. The summed E-state index contributed by atoms with van der Waals surface area (Å²) in [6.07, 6.45) is 2.88. The van der Waals surface area contributed by atoms with Crippen molar-refractivity contribution in [3.8, 4) is 11.3 Å². The maximum absolute atomic E-state index is 12.9. The monoisotopic (exact) mass is 471 g/mol. The van der Waals surface area contributed by atoms with E-state index >= 15 is 0 Å². The molecule has 0 unspecified atom stereocenters. The van der Waals surface area contributed by atoms with Gasteiger partial charge in [-0.3, -0.25) is 0 Å². The van der Waals surface area contributed by atoms with Crippen LogP contribution in [0.5, 0.6) is 0 Å². The van der Waals surface area contributed by atoms with Gasteiger partial charge < -0.3 is 16.2 Å². The summed E-state index contributed by atoms with van der Waals surface area (Å²) >= 11 is 0. The number of fused-ring (bicyclic) bond motifs is 2. The van der Waals surface area contributed by atoms with Gasteiger partial charge in [0.05, 0.1) is 11.3 Å². The highest BCUT2D eigenvalue weighted by Crippen LogP contribution is 2.34. The van der Waals surface area contributed by atoms with Crippen LogP contribution in [0, 0.1) is 5.92 Å². The minimum absolute atomic E-state index is 0.206. The van der Waals surface area contributed by atoms with Gasteiger partial charge in [-0.15, -0.1) is 10.2 Å². The summed E-state index contributed by atoms with van der Waals surface area (Å²) in [7, 11) is 0. The molecule has 34 heavy (non-hydrogen) atoms. The number of hydrogen-bond donors (Lipinski definition) is 3. The average Bonchev–Trinajstić information content (AvgIpc) is 3.37. The van der Waals surface area contributed by atoms with Gasteiger partial charge in [0.2, 0.25) is 5.95 Å². The molecule has 4 aromatic heterocycles. The zero-order chi connectivity index (χ0) is 24.0. The van der Waals surface area contributed by atoms with Crippen LogP contribution in [0.4, 0.5) is 20.5 Å². The van der Waals surface area contributed by atoms with E-state index in [4.69, 9.17) is 5.73 Å². The summed E-state index contributed by atoms with van der Waals surface area (Å²) in [4.78, 5) is 8.97. The van der Waals surface area contributed by atoms with Gasteiger partial charge in [0.25, 0.3) is 6.43 Å². The van der Waals surface area contributed by atoms with Gasteiger partial charge in [0, 0.05) is 17.8 Å². The molecular weight excluding hydrogens is 444 g/mol. The van der Waals surface area contributed by atoms with Crippen LogP contribution in [0.15, 0.2) is 24.4 Å². The van der Waals surface area contributed by atoms with E-state index in [0.717, 1.165) is 30.4 Å². The molecule has 12 heteroatoms. The van der Waals surface area contributed by atoms with Crippen LogP contribution < -0.4 is 11.1 Å². The molecule has 4 heterocycles. The van der Waals surface area contributed by atoms with Gasteiger partial charge in [-0.1, -0.05) is 5.21 Å².